The van der Waals surface area contributed by atoms with E-state index in [1.54, 1.807) is 7.11 Å². The molecule has 2 nitrogen and oxygen atoms in total. The van der Waals surface area contributed by atoms with E-state index in [1.807, 2.05) is 42.5 Å². The molecule has 0 amide bonds. The Kier molecular flexibility index (Phi) is 4.04. The lowest BCUT2D eigenvalue weighted by Crippen LogP contribution is -2.01. The van der Waals surface area contributed by atoms with Gasteiger partial charge in [-0.25, -0.2) is 0 Å². The van der Waals surface area contributed by atoms with Crippen molar-refractivity contribution in [3.8, 4) is 5.75 Å². The summed E-state index contributed by atoms with van der Waals surface area (Å²) in [5.74, 6) is 0.909. The number of nitrogens with one attached hydrogen (secondary N) is 1. The molecule has 0 radical (unpaired) electrons. The first-order valence-electron chi connectivity index (χ1n) is 5.41. The second-order valence-electron chi connectivity index (χ2n) is 3.65. The van der Waals surface area contributed by atoms with Crippen LogP contribution in [0.1, 0.15) is 5.56 Å². The van der Waals surface area contributed by atoms with Crippen LogP contribution in [0.15, 0.2) is 53.0 Å². The molecule has 0 spiro atoms. The van der Waals surface area contributed by atoms with Crippen LogP contribution in [0.2, 0.25) is 0 Å². The number of para-hydroxylation sites is 2. The molecule has 88 valence electrons. The molecule has 0 aliphatic carbocycles. The summed E-state index contributed by atoms with van der Waals surface area (Å²) in [7, 11) is 1.69. The quantitative estimate of drug-likeness (QED) is 0.917. The predicted molar refractivity (Wildman–Crippen MR) is 74.5 cm³/mol. The van der Waals surface area contributed by atoms with Gasteiger partial charge >= 0.3 is 0 Å². The van der Waals surface area contributed by atoms with Crippen molar-refractivity contribution in [2.45, 2.75) is 6.54 Å². The molecule has 0 fully saturated rings. The maximum atomic E-state index is 5.31. The maximum absolute atomic E-state index is 5.31. The molecule has 0 heterocycles. The van der Waals surface area contributed by atoms with Gasteiger partial charge in [-0.2, -0.15) is 0 Å². The minimum Gasteiger partial charge on any atom is -0.496 e. The van der Waals surface area contributed by atoms with E-state index in [9.17, 15) is 0 Å². The van der Waals surface area contributed by atoms with E-state index in [0.717, 1.165) is 28.0 Å². The van der Waals surface area contributed by atoms with Gasteiger partial charge in [-0.1, -0.05) is 30.3 Å². The minimum atomic E-state index is 0.743. The second kappa shape index (κ2) is 5.73. The highest BCUT2D eigenvalue weighted by molar-refractivity contribution is 9.10. The van der Waals surface area contributed by atoms with Crippen LogP contribution in [0, 0.1) is 0 Å². The monoisotopic (exact) mass is 291 g/mol. The Morgan fingerprint density at radius 3 is 2.53 bits per heavy atom. The van der Waals surface area contributed by atoms with Crippen LogP contribution < -0.4 is 10.1 Å². The van der Waals surface area contributed by atoms with Crippen LogP contribution in [-0.4, -0.2) is 7.11 Å². The van der Waals surface area contributed by atoms with Gasteiger partial charge in [-0.3, -0.25) is 0 Å². The first kappa shape index (κ1) is 12.0. The number of rotatable bonds is 4. The molecule has 0 aliphatic rings. The second-order valence-corrected chi connectivity index (χ2v) is 4.50. The molecule has 1 N–H and O–H groups in total. The highest BCUT2D eigenvalue weighted by Crippen LogP contribution is 2.23. The smallest absolute Gasteiger partial charge is 0.123 e. The molecular weight excluding hydrogens is 278 g/mol. The highest BCUT2D eigenvalue weighted by Gasteiger charge is 2.02. The first-order valence-corrected chi connectivity index (χ1v) is 6.21. The van der Waals surface area contributed by atoms with E-state index >= 15 is 0 Å². The van der Waals surface area contributed by atoms with Gasteiger partial charge in [0, 0.05) is 22.3 Å². The summed E-state index contributed by atoms with van der Waals surface area (Å²) in [5.41, 5.74) is 2.23. The Labute approximate surface area is 110 Å². The fourth-order valence-corrected chi connectivity index (χ4v) is 2.07. The van der Waals surface area contributed by atoms with Crippen LogP contribution in [-0.2, 0) is 6.54 Å². The summed E-state index contributed by atoms with van der Waals surface area (Å²) < 4.78 is 6.38. The van der Waals surface area contributed by atoms with Gasteiger partial charge in [0.25, 0.3) is 0 Å². The molecule has 0 unspecified atom stereocenters. The number of methoxy groups -OCH3 is 1. The van der Waals surface area contributed by atoms with E-state index in [4.69, 9.17) is 4.74 Å². The van der Waals surface area contributed by atoms with Crippen LogP contribution in [0.3, 0.4) is 0 Å². The highest BCUT2D eigenvalue weighted by atomic mass is 79.9. The average molecular weight is 292 g/mol. The van der Waals surface area contributed by atoms with Crippen LogP contribution in [0.4, 0.5) is 5.69 Å². The summed E-state index contributed by atoms with van der Waals surface area (Å²) in [5, 5.41) is 3.38. The van der Waals surface area contributed by atoms with Gasteiger partial charge < -0.3 is 10.1 Å². The molecule has 0 bridgehead atoms. The molecule has 0 saturated heterocycles. The van der Waals surface area contributed by atoms with Gasteiger partial charge in [-0.15, -0.1) is 0 Å². The molecule has 3 heteroatoms. The van der Waals surface area contributed by atoms with Crippen molar-refractivity contribution in [3.63, 3.8) is 0 Å². The zero-order chi connectivity index (χ0) is 12.1. The topological polar surface area (TPSA) is 21.3 Å². The predicted octanol–water partition coefficient (Wildman–Crippen LogP) is 4.07. The molecule has 2 aromatic rings. The fraction of sp³-hybridized carbons (Fsp3) is 0.143. The number of hydrogen-bond donors (Lipinski definition) is 1. The van der Waals surface area contributed by atoms with Crippen molar-refractivity contribution < 1.29 is 4.74 Å². The molecular formula is C14H14BrNO. The Balaban J connectivity index is 2.10. The van der Waals surface area contributed by atoms with Gasteiger partial charge in [0.1, 0.15) is 5.75 Å². The minimum absolute atomic E-state index is 0.743. The zero-order valence-corrected chi connectivity index (χ0v) is 11.2. The molecule has 0 atom stereocenters. The number of halogens is 1. The van der Waals surface area contributed by atoms with Crippen LogP contribution in [0.5, 0.6) is 5.75 Å². The third kappa shape index (κ3) is 3.01. The van der Waals surface area contributed by atoms with Gasteiger partial charge in [0.2, 0.25) is 0 Å². The summed E-state index contributed by atoms with van der Waals surface area (Å²) in [6.07, 6.45) is 0. The standard InChI is InChI=1S/C14H14BrNO/c1-17-14-9-5-2-6-11(14)10-16-13-8-4-3-7-12(13)15/h2-9,16H,10H2,1H3. The van der Waals surface area contributed by atoms with E-state index < -0.39 is 0 Å². The number of ether oxygens (including phenoxy) is 1. The normalized spacial score (nSPS) is 10.0. The van der Waals surface area contributed by atoms with Crippen molar-refractivity contribution in [1.82, 2.24) is 0 Å². The zero-order valence-electron chi connectivity index (χ0n) is 9.61. The van der Waals surface area contributed by atoms with Crippen molar-refractivity contribution in [2.75, 3.05) is 12.4 Å². The Morgan fingerprint density at radius 1 is 1.06 bits per heavy atom. The lowest BCUT2D eigenvalue weighted by atomic mass is 10.2. The average Bonchev–Trinajstić information content (AvgIpc) is 2.38. The third-order valence-corrected chi connectivity index (χ3v) is 3.23. The van der Waals surface area contributed by atoms with Crippen molar-refractivity contribution in [3.05, 3.63) is 58.6 Å². The Bertz CT molecular complexity index is 499. The van der Waals surface area contributed by atoms with E-state index in [0.29, 0.717) is 0 Å². The summed E-state index contributed by atoms with van der Waals surface area (Å²) in [4.78, 5) is 0. The summed E-state index contributed by atoms with van der Waals surface area (Å²) in [6, 6.07) is 16.1. The van der Waals surface area contributed by atoms with Crippen molar-refractivity contribution in [1.29, 1.82) is 0 Å². The lowest BCUT2D eigenvalue weighted by Gasteiger charge is -2.11. The van der Waals surface area contributed by atoms with E-state index in [2.05, 4.69) is 27.3 Å². The third-order valence-electron chi connectivity index (χ3n) is 2.54. The largest absolute Gasteiger partial charge is 0.496 e. The first-order chi connectivity index (χ1) is 8.31. The number of anilines is 1. The van der Waals surface area contributed by atoms with Gasteiger partial charge in [-0.05, 0) is 34.1 Å². The molecule has 2 rings (SSSR count). The molecule has 17 heavy (non-hydrogen) atoms. The van der Waals surface area contributed by atoms with Crippen LogP contribution in [0.25, 0.3) is 0 Å². The van der Waals surface area contributed by atoms with E-state index in [1.165, 1.54) is 0 Å². The van der Waals surface area contributed by atoms with Crippen LogP contribution >= 0.6 is 15.9 Å². The molecule has 0 aliphatic heterocycles. The molecule has 0 saturated carbocycles. The Morgan fingerprint density at radius 2 is 1.76 bits per heavy atom. The lowest BCUT2D eigenvalue weighted by molar-refractivity contribution is 0.410. The van der Waals surface area contributed by atoms with Gasteiger partial charge in [0.15, 0.2) is 0 Å². The summed E-state index contributed by atoms with van der Waals surface area (Å²) >= 11 is 3.51. The fourth-order valence-electron chi connectivity index (χ4n) is 1.64. The van der Waals surface area contributed by atoms with Crippen molar-refractivity contribution >= 4 is 21.6 Å². The Hall–Kier alpha value is -1.48. The number of benzene rings is 2. The number of hydrogen-bond acceptors (Lipinski definition) is 2. The van der Waals surface area contributed by atoms with E-state index in [-0.39, 0.29) is 0 Å². The summed E-state index contributed by atoms with van der Waals surface area (Å²) in [6.45, 7) is 0.743. The molecule has 0 aromatic heterocycles. The molecule has 2 aromatic carbocycles. The maximum Gasteiger partial charge on any atom is 0.123 e. The van der Waals surface area contributed by atoms with Crippen molar-refractivity contribution in [2.24, 2.45) is 0 Å². The SMILES string of the molecule is COc1ccccc1CNc1ccccc1Br. The van der Waals surface area contributed by atoms with Gasteiger partial charge in [0.05, 0.1) is 7.11 Å².